The minimum Gasteiger partial charge on any atom is -0.507 e. The van der Waals surface area contributed by atoms with Crippen LogP contribution in [-0.2, 0) is 0 Å². The molecule has 5 heteroatoms. The summed E-state index contributed by atoms with van der Waals surface area (Å²) in [5.74, 6) is 1.66. The van der Waals surface area contributed by atoms with E-state index in [0.717, 1.165) is 60.5 Å². The van der Waals surface area contributed by atoms with Crippen LogP contribution in [0.1, 0.15) is 0 Å². The lowest BCUT2D eigenvalue weighted by atomic mass is 9.89. The first-order chi connectivity index (χ1) is 23.7. The van der Waals surface area contributed by atoms with Crippen molar-refractivity contribution in [3.63, 3.8) is 0 Å². The average Bonchev–Trinajstić information content (AvgIpc) is 3.54. The van der Waals surface area contributed by atoms with Crippen LogP contribution in [0.4, 0.5) is 0 Å². The van der Waals surface area contributed by atoms with Gasteiger partial charge in [0.1, 0.15) is 16.9 Å². The molecule has 0 amide bonds. The normalized spacial score (nSPS) is 11.4. The van der Waals surface area contributed by atoms with Crippen LogP contribution in [0, 0.1) is 0 Å². The minimum absolute atomic E-state index is 0.130. The summed E-state index contributed by atoms with van der Waals surface area (Å²) < 4.78 is 6.52. The number of hydrogen-bond donors (Lipinski definition) is 1. The summed E-state index contributed by atoms with van der Waals surface area (Å²) in [6, 6.07) is 52.2. The topological polar surface area (TPSA) is 72.0 Å². The van der Waals surface area contributed by atoms with Gasteiger partial charge in [-0.3, -0.25) is 0 Å². The van der Waals surface area contributed by atoms with Gasteiger partial charge in [-0.2, -0.15) is 0 Å². The molecule has 0 atom stereocenters. The van der Waals surface area contributed by atoms with Crippen LogP contribution in [0.3, 0.4) is 0 Å². The molecule has 0 aliphatic heterocycles. The number of phenols is 1. The van der Waals surface area contributed by atoms with Crippen molar-refractivity contribution in [3.05, 3.63) is 158 Å². The lowest BCUT2D eigenvalue weighted by molar-refractivity contribution is 0.477. The molecule has 0 aliphatic carbocycles. The van der Waals surface area contributed by atoms with Crippen LogP contribution in [-0.4, -0.2) is 20.1 Å². The van der Waals surface area contributed by atoms with Crippen LogP contribution < -0.4 is 0 Å². The second-order valence-electron chi connectivity index (χ2n) is 11.8. The number of rotatable bonds is 5. The van der Waals surface area contributed by atoms with Gasteiger partial charge >= 0.3 is 0 Å². The Labute approximate surface area is 276 Å². The van der Waals surface area contributed by atoms with Gasteiger partial charge < -0.3 is 9.52 Å². The maximum atomic E-state index is 11.6. The van der Waals surface area contributed by atoms with Gasteiger partial charge in [-0.15, -0.1) is 0 Å². The molecule has 2 heterocycles. The fourth-order valence-corrected chi connectivity index (χ4v) is 6.57. The van der Waals surface area contributed by atoms with Crippen molar-refractivity contribution in [2.24, 2.45) is 0 Å². The molecule has 0 radical (unpaired) electrons. The molecule has 7 aromatic carbocycles. The van der Waals surface area contributed by atoms with Gasteiger partial charge in [0.2, 0.25) is 0 Å². The summed E-state index contributed by atoms with van der Waals surface area (Å²) in [6.45, 7) is 0. The highest BCUT2D eigenvalue weighted by Gasteiger charge is 2.24. The monoisotopic (exact) mass is 617 g/mol. The van der Waals surface area contributed by atoms with Crippen LogP contribution >= 0.6 is 0 Å². The number of nitrogens with zero attached hydrogens (tertiary/aromatic N) is 3. The summed E-state index contributed by atoms with van der Waals surface area (Å²) >= 11 is 0. The summed E-state index contributed by atoms with van der Waals surface area (Å²) in [5, 5.41) is 15.9. The molecule has 9 rings (SSSR count). The molecule has 0 aliphatic rings. The van der Waals surface area contributed by atoms with Crippen LogP contribution in [0.25, 0.3) is 89.1 Å². The first kappa shape index (κ1) is 27.7. The van der Waals surface area contributed by atoms with Crippen molar-refractivity contribution in [3.8, 4) is 62.2 Å². The van der Waals surface area contributed by atoms with E-state index in [0.29, 0.717) is 28.6 Å². The zero-order valence-electron chi connectivity index (χ0n) is 25.7. The summed E-state index contributed by atoms with van der Waals surface area (Å²) in [6.07, 6.45) is 0. The smallest absolute Gasteiger partial charge is 0.165 e. The molecule has 9 aromatic rings. The quantitative estimate of drug-likeness (QED) is 0.208. The predicted molar refractivity (Wildman–Crippen MR) is 193 cm³/mol. The fourth-order valence-electron chi connectivity index (χ4n) is 6.57. The largest absolute Gasteiger partial charge is 0.507 e. The third-order valence-corrected chi connectivity index (χ3v) is 8.84. The van der Waals surface area contributed by atoms with E-state index in [1.54, 1.807) is 6.07 Å². The molecule has 0 spiro atoms. The molecule has 5 nitrogen and oxygen atoms in total. The maximum Gasteiger partial charge on any atom is 0.165 e. The van der Waals surface area contributed by atoms with E-state index in [4.69, 9.17) is 19.4 Å². The van der Waals surface area contributed by atoms with Gasteiger partial charge in [0, 0.05) is 38.6 Å². The number of phenolic OH excluding ortho intramolecular Hbond substituents is 1. The van der Waals surface area contributed by atoms with Gasteiger partial charge in [-0.25, -0.2) is 15.0 Å². The van der Waals surface area contributed by atoms with Crippen LogP contribution in [0.15, 0.2) is 162 Å². The Morgan fingerprint density at radius 3 is 1.88 bits per heavy atom. The minimum atomic E-state index is 0.130. The fraction of sp³-hybridized carbons (Fsp3) is 0. The van der Waals surface area contributed by atoms with Crippen molar-refractivity contribution < 1.29 is 9.52 Å². The zero-order valence-corrected chi connectivity index (χ0v) is 25.7. The number of furan rings is 1. The van der Waals surface area contributed by atoms with Crippen molar-refractivity contribution in [1.82, 2.24) is 15.0 Å². The SMILES string of the molecule is Oc1ccc(-c2cccc3c2oc2ccccc23)c(-c2nc(-c3ccccc3)nc(-c3ccc4ccccc4c3)n2)c1-c1ccccc1. The molecule has 0 saturated heterocycles. The highest BCUT2D eigenvalue weighted by molar-refractivity contribution is 6.11. The molecule has 2 aromatic heterocycles. The van der Waals surface area contributed by atoms with E-state index in [2.05, 4.69) is 42.5 Å². The predicted octanol–water partition coefficient (Wildman–Crippen LogP) is 11.0. The first-order valence-corrected chi connectivity index (χ1v) is 15.8. The highest BCUT2D eigenvalue weighted by Crippen LogP contribution is 2.46. The zero-order chi connectivity index (χ0) is 32.0. The lowest BCUT2D eigenvalue weighted by Crippen LogP contribution is -2.02. The Kier molecular flexibility index (Phi) is 6.54. The Morgan fingerprint density at radius 1 is 0.417 bits per heavy atom. The number of fused-ring (bicyclic) bond motifs is 4. The summed E-state index contributed by atoms with van der Waals surface area (Å²) in [7, 11) is 0. The first-order valence-electron chi connectivity index (χ1n) is 15.8. The third kappa shape index (κ3) is 4.68. The number of aromatic hydroxyl groups is 1. The van der Waals surface area contributed by atoms with E-state index in [1.807, 2.05) is 109 Å². The third-order valence-electron chi connectivity index (χ3n) is 8.84. The molecule has 0 fully saturated rings. The van der Waals surface area contributed by atoms with E-state index in [-0.39, 0.29) is 5.75 Å². The van der Waals surface area contributed by atoms with Crippen LogP contribution in [0.2, 0.25) is 0 Å². The summed E-state index contributed by atoms with van der Waals surface area (Å²) in [4.78, 5) is 15.3. The number of benzene rings is 7. The average molecular weight is 618 g/mol. The molecular weight excluding hydrogens is 590 g/mol. The molecule has 48 heavy (non-hydrogen) atoms. The molecule has 0 bridgehead atoms. The van der Waals surface area contributed by atoms with Crippen molar-refractivity contribution >= 4 is 32.7 Å². The van der Waals surface area contributed by atoms with Gasteiger partial charge in [0.05, 0.1) is 0 Å². The second kappa shape index (κ2) is 11.3. The van der Waals surface area contributed by atoms with Gasteiger partial charge in [0.25, 0.3) is 0 Å². The summed E-state index contributed by atoms with van der Waals surface area (Å²) in [5.41, 5.74) is 7.20. The Bertz CT molecular complexity index is 2630. The Morgan fingerprint density at radius 2 is 1.06 bits per heavy atom. The number of hydrogen-bond acceptors (Lipinski definition) is 5. The van der Waals surface area contributed by atoms with Crippen molar-refractivity contribution in [2.75, 3.05) is 0 Å². The second-order valence-corrected chi connectivity index (χ2v) is 11.8. The molecule has 226 valence electrons. The number of para-hydroxylation sites is 2. The lowest BCUT2D eigenvalue weighted by Gasteiger charge is -2.18. The Balaban J connectivity index is 1.38. The van der Waals surface area contributed by atoms with Crippen molar-refractivity contribution in [2.45, 2.75) is 0 Å². The Hall–Kier alpha value is -6.59. The molecular formula is C43H27N3O2. The van der Waals surface area contributed by atoms with Crippen LogP contribution in [0.5, 0.6) is 5.75 Å². The maximum absolute atomic E-state index is 11.6. The van der Waals surface area contributed by atoms with E-state index < -0.39 is 0 Å². The molecule has 1 N–H and O–H groups in total. The van der Waals surface area contributed by atoms with E-state index in [9.17, 15) is 5.11 Å². The van der Waals surface area contributed by atoms with Gasteiger partial charge in [-0.05, 0) is 46.2 Å². The van der Waals surface area contributed by atoms with Gasteiger partial charge in [0.15, 0.2) is 17.5 Å². The van der Waals surface area contributed by atoms with E-state index >= 15 is 0 Å². The highest BCUT2D eigenvalue weighted by atomic mass is 16.3. The van der Waals surface area contributed by atoms with E-state index in [1.165, 1.54) is 0 Å². The molecule has 0 unspecified atom stereocenters. The van der Waals surface area contributed by atoms with Gasteiger partial charge in [-0.1, -0.05) is 133 Å². The standard InChI is InChI=1S/C43H27N3O2/c47-36-25-24-33(35-20-11-19-34-32-18-9-10-21-37(32)48-40(34)35)39(38(36)28-13-3-1-4-14-28)43-45-41(29-15-5-2-6-16-29)44-42(46-43)31-23-22-27-12-7-8-17-30(27)26-31/h1-26,47H. The molecule has 0 saturated carbocycles. The van der Waals surface area contributed by atoms with Crippen molar-refractivity contribution in [1.29, 1.82) is 0 Å². The number of aromatic nitrogens is 3.